The second-order valence-electron chi connectivity index (χ2n) is 5.68. The number of aryl methyl sites for hydroxylation is 1. The molecule has 1 N–H and O–H groups in total. The van der Waals surface area contributed by atoms with Gasteiger partial charge >= 0.3 is 0 Å². The van der Waals surface area contributed by atoms with E-state index in [-0.39, 0.29) is 10.6 Å². The van der Waals surface area contributed by atoms with E-state index in [1.807, 2.05) is 13.0 Å². The molecule has 0 radical (unpaired) electrons. The van der Waals surface area contributed by atoms with Crippen LogP contribution < -0.4 is 4.90 Å². The third-order valence-corrected chi connectivity index (χ3v) is 4.50. The highest BCUT2D eigenvalue weighted by Crippen LogP contribution is 2.35. The number of nitrogens with zero attached hydrogens (tertiary/aromatic N) is 2. The van der Waals surface area contributed by atoms with Crippen molar-refractivity contribution in [3.63, 3.8) is 0 Å². The van der Waals surface area contributed by atoms with Gasteiger partial charge < -0.3 is 10.0 Å². The van der Waals surface area contributed by atoms with Crippen LogP contribution in [0.4, 0.5) is 11.4 Å². The number of nitro benzene ring substituents is 1. The van der Waals surface area contributed by atoms with Gasteiger partial charge in [-0.3, -0.25) is 10.1 Å². The number of hydrogen-bond acceptors (Lipinski definition) is 4. The molecule has 1 heterocycles. The summed E-state index contributed by atoms with van der Waals surface area (Å²) in [6.45, 7) is 5.23. The fourth-order valence-electron chi connectivity index (χ4n) is 2.60. The van der Waals surface area contributed by atoms with Crippen molar-refractivity contribution in [3.8, 4) is 0 Å². The molecule has 1 saturated heterocycles. The van der Waals surface area contributed by atoms with E-state index in [9.17, 15) is 15.2 Å². The molecule has 0 bridgehead atoms. The third kappa shape index (κ3) is 3.30. The van der Waals surface area contributed by atoms with Gasteiger partial charge in [-0.2, -0.15) is 0 Å². The van der Waals surface area contributed by atoms with Crippen molar-refractivity contribution in [1.29, 1.82) is 0 Å². The Morgan fingerprint density at radius 3 is 2.75 bits per heavy atom. The predicted octanol–water partition coefficient (Wildman–Crippen LogP) is 3.41. The molecule has 1 aliphatic heterocycles. The van der Waals surface area contributed by atoms with Gasteiger partial charge in [0.25, 0.3) is 5.69 Å². The average molecular weight is 343 g/mol. The minimum Gasteiger partial charge on any atom is -0.390 e. The van der Waals surface area contributed by atoms with E-state index >= 15 is 0 Å². The maximum absolute atomic E-state index is 10.9. The SMILES string of the molecule is Cc1cc(N2CCCC(C)(O)CC2)c(Br)cc1[N+](=O)[O-]. The summed E-state index contributed by atoms with van der Waals surface area (Å²) in [5, 5.41) is 21.1. The molecule has 1 fully saturated rings. The molecule has 0 spiro atoms. The maximum atomic E-state index is 10.9. The van der Waals surface area contributed by atoms with Crippen LogP contribution in [-0.4, -0.2) is 28.7 Å². The van der Waals surface area contributed by atoms with Crippen LogP contribution in [0.3, 0.4) is 0 Å². The first kappa shape index (κ1) is 15.3. The van der Waals surface area contributed by atoms with E-state index < -0.39 is 5.60 Å². The second kappa shape index (κ2) is 5.69. The lowest BCUT2D eigenvalue weighted by atomic mass is 9.98. The van der Waals surface area contributed by atoms with Crippen molar-refractivity contribution >= 4 is 27.3 Å². The monoisotopic (exact) mass is 342 g/mol. The van der Waals surface area contributed by atoms with Crippen molar-refractivity contribution in [2.75, 3.05) is 18.0 Å². The number of anilines is 1. The zero-order valence-electron chi connectivity index (χ0n) is 11.7. The van der Waals surface area contributed by atoms with Crippen molar-refractivity contribution in [3.05, 3.63) is 32.3 Å². The molecule has 5 nitrogen and oxygen atoms in total. The molecule has 0 aromatic heterocycles. The summed E-state index contributed by atoms with van der Waals surface area (Å²) in [5.41, 5.74) is 1.13. The highest BCUT2D eigenvalue weighted by atomic mass is 79.9. The highest BCUT2D eigenvalue weighted by Gasteiger charge is 2.26. The lowest BCUT2D eigenvalue weighted by Gasteiger charge is -2.25. The Hall–Kier alpha value is -1.14. The Morgan fingerprint density at radius 2 is 2.10 bits per heavy atom. The lowest BCUT2D eigenvalue weighted by Crippen LogP contribution is -2.28. The third-order valence-electron chi connectivity index (χ3n) is 3.87. The van der Waals surface area contributed by atoms with Gasteiger partial charge in [0.15, 0.2) is 0 Å². The minimum atomic E-state index is -0.614. The summed E-state index contributed by atoms with van der Waals surface area (Å²) in [7, 11) is 0. The minimum absolute atomic E-state index is 0.127. The molecule has 0 saturated carbocycles. The van der Waals surface area contributed by atoms with E-state index in [1.54, 1.807) is 13.0 Å². The molecule has 1 aromatic carbocycles. The number of hydrogen-bond donors (Lipinski definition) is 1. The molecule has 20 heavy (non-hydrogen) atoms. The molecule has 0 aliphatic carbocycles. The summed E-state index contributed by atoms with van der Waals surface area (Å²) in [5.74, 6) is 0. The number of aliphatic hydroxyl groups is 1. The van der Waals surface area contributed by atoms with Gasteiger partial charge in [0.1, 0.15) is 0 Å². The number of halogens is 1. The van der Waals surface area contributed by atoms with Crippen LogP contribution in [-0.2, 0) is 0 Å². The standard InChI is InChI=1S/C14H19BrN2O3/c1-10-8-13(11(15)9-12(10)17(19)20)16-6-3-4-14(2,18)5-7-16/h8-9,18H,3-7H2,1-2H3. The quantitative estimate of drug-likeness (QED) is 0.660. The predicted molar refractivity (Wildman–Crippen MR) is 82.2 cm³/mol. The first-order valence-corrected chi connectivity index (χ1v) is 7.51. The van der Waals surface area contributed by atoms with Gasteiger partial charge in [-0.15, -0.1) is 0 Å². The zero-order valence-corrected chi connectivity index (χ0v) is 13.3. The lowest BCUT2D eigenvalue weighted by molar-refractivity contribution is -0.385. The molecule has 110 valence electrons. The normalized spacial score (nSPS) is 23.5. The van der Waals surface area contributed by atoms with E-state index in [0.29, 0.717) is 12.0 Å². The number of rotatable bonds is 2. The van der Waals surface area contributed by atoms with Crippen LogP contribution >= 0.6 is 15.9 Å². The summed E-state index contributed by atoms with van der Waals surface area (Å²) < 4.78 is 0.733. The van der Waals surface area contributed by atoms with Crippen LogP contribution in [0, 0.1) is 17.0 Å². The number of nitro groups is 1. The Labute approximate surface area is 126 Å². The summed E-state index contributed by atoms with van der Waals surface area (Å²) in [6, 6.07) is 3.41. The van der Waals surface area contributed by atoms with E-state index in [4.69, 9.17) is 0 Å². The molecule has 6 heteroatoms. The largest absolute Gasteiger partial charge is 0.390 e. The van der Waals surface area contributed by atoms with Crippen molar-refractivity contribution in [1.82, 2.24) is 0 Å². The van der Waals surface area contributed by atoms with Crippen LogP contribution in [0.15, 0.2) is 16.6 Å². The van der Waals surface area contributed by atoms with Crippen LogP contribution in [0.1, 0.15) is 31.7 Å². The van der Waals surface area contributed by atoms with Gasteiger partial charge in [0.2, 0.25) is 0 Å². The summed E-state index contributed by atoms with van der Waals surface area (Å²) in [4.78, 5) is 12.8. The van der Waals surface area contributed by atoms with Crippen molar-refractivity contribution < 1.29 is 10.0 Å². The van der Waals surface area contributed by atoms with Gasteiger partial charge in [-0.25, -0.2) is 0 Å². The van der Waals surface area contributed by atoms with Crippen molar-refractivity contribution in [2.24, 2.45) is 0 Å². The first-order valence-electron chi connectivity index (χ1n) is 6.72. The summed E-state index contributed by atoms with van der Waals surface area (Å²) >= 11 is 3.43. The number of benzene rings is 1. The fraction of sp³-hybridized carbons (Fsp3) is 0.571. The van der Waals surface area contributed by atoms with E-state index in [0.717, 1.165) is 36.1 Å². The van der Waals surface area contributed by atoms with E-state index in [1.165, 1.54) is 0 Å². The Morgan fingerprint density at radius 1 is 1.40 bits per heavy atom. The van der Waals surface area contributed by atoms with Crippen LogP contribution in [0.25, 0.3) is 0 Å². The molecule has 2 rings (SSSR count). The maximum Gasteiger partial charge on any atom is 0.273 e. The Kier molecular flexibility index (Phi) is 4.34. The van der Waals surface area contributed by atoms with Gasteiger partial charge in [-0.1, -0.05) is 0 Å². The molecule has 0 amide bonds. The summed E-state index contributed by atoms with van der Waals surface area (Å²) in [6.07, 6.45) is 2.40. The van der Waals surface area contributed by atoms with Gasteiger partial charge in [0.05, 0.1) is 16.2 Å². The highest BCUT2D eigenvalue weighted by molar-refractivity contribution is 9.10. The Balaban J connectivity index is 2.29. The molecular formula is C14H19BrN2O3. The fourth-order valence-corrected chi connectivity index (χ4v) is 3.18. The van der Waals surface area contributed by atoms with Crippen LogP contribution in [0.2, 0.25) is 0 Å². The molecule has 1 unspecified atom stereocenters. The topological polar surface area (TPSA) is 66.6 Å². The first-order chi connectivity index (χ1) is 9.30. The molecular weight excluding hydrogens is 324 g/mol. The molecule has 1 aliphatic rings. The molecule has 1 aromatic rings. The van der Waals surface area contributed by atoms with Gasteiger partial charge in [0, 0.05) is 29.2 Å². The van der Waals surface area contributed by atoms with Crippen molar-refractivity contribution in [2.45, 2.75) is 38.7 Å². The van der Waals surface area contributed by atoms with Crippen LogP contribution in [0.5, 0.6) is 0 Å². The molecule has 1 atom stereocenters. The smallest absolute Gasteiger partial charge is 0.273 e. The zero-order chi connectivity index (χ0) is 14.9. The Bertz CT molecular complexity index is 531. The average Bonchev–Trinajstić information content (AvgIpc) is 2.52. The van der Waals surface area contributed by atoms with Gasteiger partial charge in [-0.05, 0) is 55.1 Å². The second-order valence-corrected chi connectivity index (χ2v) is 6.54. The van der Waals surface area contributed by atoms with E-state index in [2.05, 4.69) is 20.8 Å².